The van der Waals surface area contributed by atoms with Crippen LogP contribution in [-0.2, 0) is 11.2 Å². The molecule has 1 unspecified atom stereocenters. The van der Waals surface area contributed by atoms with Gasteiger partial charge in [0.05, 0.1) is 6.61 Å². The van der Waals surface area contributed by atoms with Gasteiger partial charge in [-0.05, 0) is 57.2 Å². The Bertz CT molecular complexity index is 562. The molecular formula is C16H22O4. The van der Waals surface area contributed by atoms with Crippen molar-refractivity contribution >= 4 is 5.97 Å². The van der Waals surface area contributed by atoms with Gasteiger partial charge in [0.15, 0.2) is 0 Å². The van der Waals surface area contributed by atoms with Gasteiger partial charge < -0.3 is 14.6 Å². The Morgan fingerprint density at radius 2 is 1.95 bits per heavy atom. The monoisotopic (exact) mass is 278 g/mol. The summed E-state index contributed by atoms with van der Waals surface area (Å²) in [5.74, 6) is 1.16. The van der Waals surface area contributed by atoms with E-state index in [0.29, 0.717) is 5.75 Å². The Morgan fingerprint density at radius 1 is 1.30 bits per heavy atom. The molecule has 1 heterocycles. The van der Waals surface area contributed by atoms with Crippen LogP contribution in [0.2, 0.25) is 0 Å². The highest BCUT2D eigenvalue weighted by molar-refractivity contribution is 5.72. The first-order valence-corrected chi connectivity index (χ1v) is 6.90. The molecule has 0 fully saturated rings. The van der Waals surface area contributed by atoms with E-state index in [4.69, 9.17) is 9.47 Å². The zero-order valence-corrected chi connectivity index (χ0v) is 12.8. The highest BCUT2D eigenvalue weighted by Gasteiger charge is 2.34. The maximum absolute atomic E-state index is 11.3. The van der Waals surface area contributed by atoms with Gasteiger partial charge in [-0.15, -0.1) is 0 Å². The van der Waals surface area contributed by atoms with Crippen LogP contribution in [0.4, 0.5) is 0 Å². The number of rotatable bonds is 2. The summed E-state index contributed by atoms with van der Waals surface area (Å²) < 4.78 is 11.4. The molecule has 1 aromatic carbocycles. The van der Waals surface area contributed by atoms with Crippen molar-refractivity contribution in [2.45, 2.75) is 53.1 Å². The molecule has 20 heavy (non-hydrogen) atoms. The zero-order valence-electron chi connectivity index (χ0n) is 12.8. The standard InChI is InChI=1S/C16H22O4/c1-9-10(2)15-13(6-7-16(5,8-17)20-15)11(3)14(9)19-12(4)18/h17H,6-8H2,1-5H3. The van der Waals surface area contributed by atoms with Crippen molar-refractivity contribution in [3.63, 3.8) is 0 Å². The molecule has 0 radical (unpaired) electrons. The molecule has 2 rings (SSSR count). The highest BCUT2D eigenvalue weighted by atomic mass is 16.5. The van der Waals surface area contributed by atoms with Crippen molar-refractivity contribution in [3.05, 3.63) is 22.3 Å². The number of benzene rings is 1. The van der Waals surface area contributed by atoms with E-state index in [2.05, 4.69) is 0 Å². The van der Waals surface area contributed by atoms with Crippen LogP contribution in [0.25, 0.3) is 0 Å². The molecule has 0 spiro atoms. The van der Waals surface area contributed by atoms with Gasteiger partial charge in [-0.25, -0.2) is 0 Å². The molecule has 0 aromatic heterocycles. The van der Waals surface area contributed by atoms with Gasteiger partial charge in [0.25, 0.3) is 0 Å². The van der Waals surface area contributed by atoms with Crippen molar-refractivity contribution in [2.75, 3.05) is 6.61 Å². The lowest BCUT2D eigenvalue weighted by atomic mass is 9.87. The van der Waals surface area contributed by atoms with E-state index in [9.17, 15) is 9.90 Å². The molecule has 4 heteroatoms. The highest BCUT2D eigenvalue weighted by Crippen LogP contribution is 2.43. The fraction of sp³-hybridized carbons (Fsp3) is 0.562. The SMILES string of the molecule is CC(=O)Oc1c(C)c(C)c2c(c1C)CCC(C)(CO)O2. The second-order valence-electron chi connectivity index (χ2n) is 5.82. The summed E-state index contributed by atoms with van der Waals surface area (Å²) in [7, 11) is 0. The van der Waals surface area contributed by atoms with E-state index in [1.807, 2.05) is 27.7 Å². The van der Waals surface area contributed by atoms with E-state index in [0.717, 1.165) is 40.8 Å². The van der Waals surface area contributed by atoms with Crippen LogP contribution in [0.3, 0.4) is 0 Å². The molecule has 0 amide bonds. The summed E-state index contributed by atoms with van der Waals surface area (Å²) in [5.41, 5.74) is 3.40. The fourth-order valence-corrected chi connectivity index (χ4v) is 2.69. The average Bonchev–Trinajstić information content (AvgIpc) is 2.41. The van der Waals surface area contributed by atoms with Crippen LogP contribution in [0, 0.1) is 20.8 Å². The third kappa shape index (κ3) is 2.40. The van der Waals surface area contributed by atoms with E-state index in [1.54, 1.807) is 0 Å². The molecule has 0 saturated heterocycles. The number of hydrogen-bond donors (Lipinski definition) is 1. The number of carbonyl (C=O) groups is 1. The van der Waals surface area contributed by atoms with E-state index in [1.165, 1.54) is 6.92 Å². The predicted octanol–water partition coefficient (Wildman–Crippen LogP) is 2.61. The molecule has 4 nitrogen and oxygen atoms in total. The second-order valence-corrected chi connectivity index (χ2v) is 5.82. The first-order valence-electron chi connectivity index (χ1n) is 6.90. The van der Waals surface area contributed by atoms with E-state index < -0.39 is 5.60 Å². The van der Waals surface area contributed by atoms with Crippen molar-refractivity contribution in [1.29, 1.82) is 0 Å². The summed E-state index contributed by atoms with van der Waals surface area (Å²) in [6, 6.07) is 0. The molecule has 1 N–H and O–H groups in total. The summed E-state index contributed by atoms with van der Waals surface area (Å²) in [6.07, 6.45) is 1.56. The minimum atomic E-state index is -0.528. The van der Waals surface area contributed by atoms with Crippen LogP contribution in [0.5, 0.6) is 11.5 Å². The summed E-state index contributed by atoms with van der Waals surface area (Å²) in [6.45, 7) is 9.16. The third-order valence-electron chi connectivity index (χ3n) is 4.14. The quantitative estimate of drug-likeness (QED) is 0.667. The molecule has 110 valence electrons. The van der Waals surface area contributed by atoms with Gasteiger partial charge >= 0.3 is 5.97 Å². The Balaban J connectivity index is 2.57. The van der Waals surface area contributed by atoms with Gasteiger partial charge in [-0.3, -0.25) is 4.79 Å². The van der Waals surface area contributed by atoms with E-state index in [-0.39, 0.29) is 12.6 Å². The smallest absolute Gasteiger partial charge is 0.308 e. The average molecular weight is 278 g/mol. The predicted molar refractivity (Wildman–Crippen MR) is 76.4 cm³/mol. The Kier molecular flexibility index (Phi) is 3.78. The topological polar surface area (TPSA) is 55.8 Å². The first-order chi connectivity index (χ1) is 9.29. The van der Waals surface area contributed by atoms with Crippen LogP contribution >= 0.6 is 0 Å². The zero-order chi connectivity index (χ0) is 15.1. The fourth-order valence-electron chi connectivity index (χ4n) is 2.69. The molecule has 1 aliphatic rings. The summed E-state index contributed by atoms with van der Waals surface area (Å²) >= 11 is 0. The van der Waals surface area contributed by atoms with Gasteiger partial charge in [0.2, 0.25) is 0 Å². The number of ether oxygens (including phenoxy) is 2. The number of aliphatic hydroxyl groups is 1. The first kappa shape index (κ1) is 14.9. The number of carbonyl (C=O) groups excluding carboxylic acids is 1. The molecule has 1 atom stereocenters. The van der Waals surface area contributed by atoms with Crippen LogP contribution in [-0.4, -0.2) is 23.3 Å². The molecule has 0 bridgehead atoms. The number of esters is 1. The van der Waals surface area contributed by atoms with Crippen molar-refractivity contribution in [2.24, 2.45) is 0 Å². The van der Waals surface area contributed by atoms with Gasteiger partial charge in [-0.2, -0.15) is 0 Å². The molecule has 1 aromatic rings. The molecular weight excluding hydrogens is 256 g/mol. The maximum Gasteiger partial charge on any atom is 0.308 e. The summed E-state index contributed by atoms with van der Waals surface area (Å²) in [5, 5.41) is 9.48. The van der Waals surface area contributed by atoms with Gasteiger partial charge in [0.1, 0.15) is 17.1 Å². The molecule has 1 aliphatic heterocycles. The lowest BCUT2D eigenvalue weighted by molar-refractivity contribution is -0.132. The van der Waals surface area contributed by atoms with Gasteiger partial charge in [-0.1, -0.05) is 0 Å². The summed E-state index contributed by atoms with van der Waals surface area (Å²) in [4.78, 5) is 11.3. The number of hydrogen-bond acceptors (Lipinski definition) is 4. The lowest BCUT2D eigenvalue weighted by Crippen LogP contribution is -2.40. The Hall–Kier alpha value is -1.55. The lowest BCUT2D eigenvalue weighted by Gasteiger charge is -2.36. The van der Waals surface area contributed by atoms with Crippen molar-refractivity contribution in [3.8, 4) is 11.5 Å². The molecule has 0 saturated carbocycles. The van der Waals surface area contributed by atoms with Gasteiger partial charge in [0, 0.05) is 12.5 Å². The third-order valence-corrected chi connectivity index (χ3v) is 4.14. The second kappa shape index (κ2) is 5.09. The Morgan fingerprint density at radius 3 is 2.50 bits per heavy atom. The number of aliphatic hydroxyl groups excluding tert-OH is 1. The largest absolute Gasteiger partial charge is 0.485 e. The number of fused-ring (bicyclic) bond motifs is 1. The normalized spacial score (nSPS) is 21.1. The van der Waals surface area contributed by atoms with Crippen molar-refractivity contribution < 1.29 is 19.4 Å². The minimum Gasteiger partial charge on any atom is -0.485 e. The van der Waals surface area contributed by atoms with E-state index >= 15 is 0 Å². The van der Waals surface area contributed by atoms with Crippen LogP contribution < -0.4 is 9.47 Å². The van der Waals surface area contributed by atoms with Crippen LogP contribution in [0.1, 0.15) is 42.5 Å². The van der Waals surface area contributed by atoms with Crippen molar-refractivity contribution in [1.82, 2.24) is 0 Å². The molecule has 0 aliphatic carbocycles. The van der Waals surface area contributed by atoms with Crippen LogP contribution in [0.15, 0.2) is 0 Å². The maximum atomic E-state index is 11.3. The minimum absolute atomic E-state index is 0.00429. The Labute approximate surface area is 119 Å².